The Balaban J connectivity index is 1.82. The van der Waals surface area contributed by atoms with Crippen molar-refractivity contribution >= 4 is 29.2 Å². The zero-order chi connectivity index (χ0) is 19.6. The van der Waals surface area contributed by atoms with Crippen LogP contribution in [0.25, 0.3) is 0 Å². The number of likely N-dealkylation sites (tertiary alicyclic amines) is 1. The number of halogens is 3. The molecule has 1 saturated heterocycles. The second-order valence-electron chi connectivity index (χ2n) is 6.62. The van der Waals surface area contributed by atoms with E-state index in [2.05, 4.69) is 0 Å². The largest absolute Gasteiger partial charge is 0.478 e. The summed E-state index contributed by atoms with van der Waals surface area (Å²) in [4.78, 5) is 25.4. The van der Waals surface area contributed by atoms with E-state index in [0.717, 1.165) is 5.56 Å². The van der Waals surface area contributed by atoms with Crippen molar-refractivity contribution in [1.82, 2.24) is 9.47 Å². The highest BCUT2D eigenvalue weighted by Gasteiger charge is 2.24. The van der Waals surface area contributed by atoms with E-state index in [4.69, 9.17) is 28.3 Å². The smallest absolute Gasteiger partial charge is 0.335 e. The molecular weight excluding hydrogens is 394 g/mol. The monoisotopic (exact) mass is 412 g/mol. The van der Waals surface area contributed by atoms with E-state index in [9.17, 15) is 14.0 Å². The van der Waals surface area contributed by atoms with Crippen molar-refractivity contribution < 1.29 is 14.3 Å². The van der Waals surface area contributed by atoms with Gasteiger partial charge in [0.05, 0.1) is 16.3 Å². The molecule has 1 aliphatic heterocycles. The molecule has 1 fully saturated rings. The molecular formula is C19H19Cl2FN2O3. The lowest BCUT2D eigenvalue weighted by molar-refractivity contribution is 0.0697. The predicted octanol–water partition coefficient (Wildman–Crippen LogP) is 3.64. The van der Waals surface area contributed by atoms with Gasteiger partial charge in [-0.3, -0.25) is 9.69 Å². The molecule has 3 rings (SSSR count). The molecule has 144 valence electrons. The average Bonchev–Trinajstić information content (AvgIpc) is 3.04. The van der Waals surface area contributed by atoms with Gasteiger partial charge in [0.1, 0.15) is 11.2 Å². The van der Waals surface area contributed by atoms with E-state index in [-0.39, 0.29) is 16.1 Å². The van der Waals surface area contributed by atoms with Crippen LogP contribution in [-0.2, 0) is 19.5 Å². The fourth-order valence-electron chi connectivity index (χ4n) is 3.23. The maximum absolute atomic E-state index is 13.5. The Hall–Kier alpha value is -1.89. The minimum Gasteiger partial charge on any atom is -0.478 e. The molecule has 0 amide bonds. The molecule has 1 atom stereocenters. The van der Waals surface area contributed by atoms with Crippen molar-refractivity contribution in [2.24, 2.45) is 0 Å². The van der Waals surface area contributed by atoms with E-state index < -0.39 is 12.1 Å². The van der Waals surface area contributed by atoms with Gasteiger partial charge in [-0.15, -0.1) is 0 Å². The van der Waals surface area contributed by atoms with Crippen LogP contribution >= 0.6 is 23.2 Å². The highest BCUT2D eigenvalue weighted by Crippen LogP contribution is 2.23. The van der Waals surface area contributed by atoms with Crippen molar-refractivity contribution in [3.05, 3.63) is 67.6 Å². The van der Waals surface area contributed by atoms with Gasteiger partial charge in [-0.05, 0) is 36.6 Å². The normalized spacial score (nSPS) is 17.4. The predicted molar refractivity (Wildman–Crippen MR) is 103 cm³/mol. The number of carboxylic acids is 1. The SMILES string of the molecule is O=C(O)c1ccc(CCn2c(CN3CC[C@@H](F)C3)c(Cl)cc(Cl)c2=O)cc1. The van der Waals surface area contributed by atoms with Gasteiger partial charge in [0, 0.05) is 26.2 Å². The lowest BCUT2D eigenvalue weighted by atomic mass is 10.1. The molecule has 0 radical (unpaired) electrons. The Morgan fingerprint density at radius 3 is 2.52 bits per heavy atom. The van der Waals surface area contributed by atoms with Gasteiger partial charge in [-0.25, -0.2) is 9.18 Å². The summed E-state index contributed by atoms with van der Waals surface area (Å²) in [5.74, 6) is -0.988. The summed E-state index contributed by atoms with van der Waals surface area (Å²) in [6, 6.07) is 7.92. The first-order chi connectivity index (χ1) is 12.8. The highest BCUT2D eigenvalue weighted by atomic mass is 35.5. The van der Waals surface area contributed by atoms with Crippen LogP contribution in [0.3, 0.4) is 0 Å². The van der Waals surface area contributed by atoms with Crippen LogP contribution in [0.1, 0.15) is 28.0 Å². The van der Waals surface area contributed by atoms with Gasteiger partial charge in [0.2, 0.25) is 0 Å². The zero-order valence-electron chi connectivity index (χ0n) is 14.5. The topological polar surface area (TPSA) is 62.5 Å². The third-order valence-electron chi connectivity index (χ3n) is 4.72. The third kappa shape index (κ3) is 4.69. The number of aryl methyl sites for hydroxylation is 1. The number of hydrogen-bond acceptors (Lipinski definition) is 3. The lowest BCUT2D eigenvalue weighted by Gasteiger charge is -2.20. The summed E-state index contributed by atoms with van der Waals surface area (Å²) >= 11 is 12.3. The summed E-state index contributed by atoms with van der Waals surface area (Å²) in [5, 5.41) is 9.38. The molecule has 0 unspecified atom stereocenters. The lowest BCUT2D eigenvalue weighted by Crippen LogP contribution is -2.30. The van der Waals surface area contributed by atoms with Crippen molar-refractivity contribution in [1.29, 1.82) is 0 Å². The number of hydrogen-bond donors (Lipinski definition) is 1. The van der Waals surface area contributed by atoms with Crippen LogP contribution in [0.2, 0.25) is 10.0 Å². The number of aromatic nitrogens is 1. The maximum Gasteiger partial charge on any atom is 0.335 e. The molecule has 27 heavy (non-hydrogen) atoms. The number of aromatic carboxylic acids is 1. The quantitative estimate of drug-likeness (QED) is 0.786. The van der Waals surface area contributed by atoms with Crippen molar-refractivity contribution in [3.8, 4) is 0 Å². The van der Waals surface area contributed by atoms with Crippen molar-refractivity contribution in [2.75, 3.05) is 13.1 Å². The van der Waals surface area contributed by atoms with Gasteiger partial charge in [0.15, 0.2) is 0 Å². The Labute approximate surface area is 165 Å². The molecule has 0 saturated carbocycles. The molecule has 0 aliphatic carbocycles. The molecule has 0 spiro atoms. The van der Waals surface area contributed by atoms with E-state index in [1.165, 1.54) is 22.8 Å². The Kier molecular flexibility index (Phi) is 6.19. The summed E-state index contributed by atoms with van der Waals surface area (Å²) in [5.41, 5.74) is 1.37. The number of carboxylic acid groups (broad SMARTS) is 1. The van der Waals surface area contributed by atoms with E-state index in [1.54, 1.807) is 12.1 Å². The Morgan fingerprint density at radius 2 is 1.93 bits per heavy atom. The summed E-state index contributed by atoms with van der Waals surface area (Å²) in [6.07, 6.45) is 0.129. The second-order valence-corrected chi connectivity index (χ2v) is 7.43. The molecule has 2 aromatic rings. The van der Waals surface area contributed by atoms with Crippen LogP contribution in [0.4, 0.5) is 4.39 Å². The maximum atomic E-state index is 13.5. The molecule has 5 nitrogen and oxygen atoms in total. The fourth-order valence-corrected chi connectivity index (χ4v) is 3.77. The molecule has 8 heteroatoms. The van der Waals surface area contributed by atoms with Gasteiger partial charge in [-0.1, -0.05) is 35.3 Å². The molecule has 1 aromatic carbocycles. The average molecular weight is 413 g/mol. The Morgan fingerprint density at radius 1 is 1.22 bits per heavy atom. The summed E-state index contributed by atoms with van der Waals surface area (Å²) in [6.45, 7) is 1.66. The summed E-state index contributed by atoms with van der Waals surface area (Å²) in [7, 11) is 0. The van der Waals surface area contributed by atoms with E-state index in [0.29, 0.717) is 49.7 Å². The molecule has 2 heterocycles. The van der Waals surface area contributed by atoms with E-state index in [1.807, 2.05) is 4.90 Å². The van der Waals surface area contributed by atoms with Gasteiger partial charge in [0.25, 0.3) is 5.56 Å². The fraction of sp³-hybridized carbons (Fsp3) is 0.368. The van der Waals surface area contributed by atoms with Gasteiger partial charge in [-0.2, -0.15) is 0 Å². The number of nitrogens with zero attached hydrogens (tertiary/aromatic N) is 2. The molecule has 1 aliphatic rings. The second kappa shape index (κ2) is 8.42. The van der Waals surface area contributed by atoms with Crippen LogP contribution < -0.4 is 5.56 Å². The third-order valence-corrected chi connectivity index (χ3v) is 5.32. The Bertz CT molecular complexity index is 899. The molecule has 0 bridgehead atoms. The number of carbonyl (C=O) groups is 1. The van der Waals surface area contributed by atoms with Crippen molar-refractivity contribution in [2.45, 2.75) is 32.1 Å². The van der Waals surface area contributed by atoms with Gasteiger partial charge < -0.3 is 9.67 Å². The minimum absolute atomic E-state index is 0.0368. The number of benzene rings is 1. The van der Waals surface area contributed by atoms with Crippen LogP contribution in [0.15, 0.2) is 35.1 Å². The number of pyridine rings is 1. The number of alkyl halides is 1. The first-order valence-corrected chi connectivity index (χ1v) is 9.37. The van der Waals surface area contributed by atoms with E-state index >= 15 is 0 Å². The standard InChI is InChI=1S/C19H19Cl2FN2O3/c20-15-9-16(21)18(25)24(17(15)11-23-7-6-14(22)10-23)8-5-12-1-3-13(4-2-12)19(26)27/h1-4,9,14H,5-8,10-11H2,(H,26,27)/t14-/m1/s1. The number of rotatable bonds is 6. The van der Waals surface area contributed by atoms with Crippen LogP contribution in [0, 0.1) is 0 Å². The molecule has 1 aromatic heterocycles. The van der Waals surface area contributed by atoms with Crippen LogP contribution in [0.5, 0.6) is 0 Å². The van der Waals surface area contributed by atoms with Crippen LogP contribution in [-0.4, -0.2) is 39.8 Å². The first-order valence-electron chi connectivity index (χ1n) is 8.61. The minimum atomic E-state index is -0.988. The molecule has 1 N–H and O–H groups in total. The highest BCUT2D eigenvalue weighted by molar-refractivity contribution is 6.34. The summed E-state index contributed by atoms with van der Waals surface area (Å²) < 4.78 is 15.0. The van der Waals surface area contributed by atoms with Crippen molar-refractivity contribution in [3.63, 3.8) is 0 Å². The first kappa shape index (κ1) is 19.9. The van der Waals surface area contributed by atoms with Gasteiger partial charge >= 0.3 is 5.97 Å². The zero-order valence-corrected chi connectivity index (χ0v) is 16.0.